The van der Waals surface area contributed by atoms with Gasteiger partial charge in [-0.05, 0) is 40.5 Å². The summed E-state index contributed by atoms with van der Waals surface area (Å²) >= 11 is 9.87. The summed E-state index contributed by atoms with van der Waals surface area (Å²) in [6.45, 7) is 2.02. The topological polar surface area (TPSA) is 52.0 Å². The molecular weight excluding hydrogens is 352 g/mol. The normalized spacial score (nSPS) is 10.8. The van der Waals surface area contributed by atoms with Crippen molar-refractivity contribution in [1.82, 2.24) is 5.16 Å². The first-order chi connectivity index (χ1) is 10.1. The third kappa shape index (κ3) is 2.45. The summed E-state index contributed by atoms with van der Waals surface area (Å²) in [7, 11) is 0. The van der Waals surface area contributed by atoms with Gasteiger partial charge in [0.05, 0.1) is 5.56 Å². The van der Waals surface area contributed by atoms with E-state index in [1.807, 2.05) is 49.4 Å². The molecule has 2 N–H and O–H groups in total. The predicted octanol–water partition coefficient (Wildman–Crippen LogP) is 5.32. The molecule has 0 aliphatic rings. The van der Waals surface area contributed by atoms with Crippen molar-refractivity contribution in [3.8, 4) is 22.5 Å². The molecule has 0 aliphatic heterocycles. The lowest BCUT2D eigenvalue weighted by atomic mass is 10.0. The van der Waals surface area contributed by atoms with Crippen LogP contribution in [0.2, 0.25) is 5.02 Å². The van der Waals surface area contributed by atoms with Crippen LogP contribution in [0.1, 0.15) is 5.56 Å². The maximum Gasteiger partial charge on any atom is 0.178 e. The largest absolute Gasteiger partial charge is 0.380 e. The highest BCUT2D eigenvalue weighted by Crippen LogP contribution is 2.42. The Hall–Kier alpha value is -1.78. The van der Waals surface area contributed by atoms with Crippen LogP contribution in [0.5, 0.6) is 0 Å². The van der Waals surface area contributed by atoms with Gasteiger partial charge in [0.15, 0.2) is 11.6 Å². The second-order valence-electron chi connectivity index (χ2n) is 4.69. The quantitative estimate of drug-likeness (QED) is 0.671. The number of halogens is 2. The summed E-state index contributed by atoms with van der Waals surface area (Å²) in [6.07, 6.45) is 0. The summed E-state index contributed by atoms with van der Waals surface area (Å²) in [5.74, 6) is 0.933. The predicted molar refractivity (Wildman–Crippen MR) is 89.2 cm³/mol. The molecule has 0 saturated heterocycles. The molecule has 0 atom stereocenters. The van der Waals surface area contributed by atoms with E-state index < -0.39 is 0 Å². The number of hydrogen-bond acceptors (Lipinski definition) is 3. The molecule has 1 aromatic heterocycles. The number of nitrogens with zero attached hydrogens (tertiary/aromatic N) is 1. The van der Waals surface area contributed by atoms with Gasteiger partial charge in [-0.15, -0.1) is 0 Å². The molecule has 0 spiro atoms. The molecule has 0 amide bonds. The van der Waals surface area contributed by atoms with Crippen LogP contribution < -0.4 is 5.73 Å². The van der Waals surface area contributed by atoms with Gasteiger partial charge in [-0.3, -0.25) is 0 Å². The van der Waals surface area contributed by atoms with Crippen LogP contribution in [0.3, 0.4) is 0 Å². The Bertz CT molecular complexity index is 814. The number of nitrogens with two attached hydrogens (primary N) is 1. The lowest BCUT2D eigenvalue weighted by Crippen LogP contribution is -1.90. The molecule has 0 unspecified atom stereocenters. The van der Waals surface area contributed by atoms with E-state index in [0.717, 1.165) is 21.2 Å². The zero-order valence-corrected chi connectivity index (χ0v) is 13.6. The molecule has 0 saturated carbocycles. The fraction of sp³-hybridized carbons (Fsp3) is 0.0625. The maximum absolute atomic E-state index is 6.28. The molecule has 3 aromatic rings. The summed E-state index contributed by atoms with van der Waals surface area (Å²) in [6, 6.07) is 13.4. The Labute approximate surface area is 135 Å². The van der Waals surface area contributed by atoms with Gasteiger partial charge in [-0.25, -0.2) is 0 Å². The molecule has 3 nitrogen and oxygen atoms in total. The molecule has 106 valence electrons. The lowest BCUT2D eigenvalue weighted by molar-refractivity contribution is 0.436. The molecule has 5 heteroatoms. The zero-order valence-electron chi connectivity index (χ0n) is 11.2. The fourth-order valence-electron chi connectivity index (χ4n) is 2.23. The minimum atomic E-state index is 0.325. The number of benzene rings is 2. The van der Waals surface area contributed by atoms with Crippen LogP contribution in [-0.4, -0.2) is 5.16 Å². The molecule has 1 heterocycles. The smallest absolute Gasteiger partial charge is 0.178 e. The zero-order chi connectivity index (χ0) is 15.0. The van der Waals surface area contributed by atoms with Gasteiger partial charge < -0.3 is 10.3 Å². The van der Waals surface area contributed by atoms with Gasteiger partial charge in [-0.2, -0.15) is 0 Å². The molecule has 3 rings (SSSR count). The SMILES string of the molecule is Cc1cccc(-c2onc(N)c2-c2ccccc2Cl)c1Br. The second kappa shape index (κ2) is 5.54. The molecule has 21 heavy (non-hydrogen) atoms. The van der Waals surface area contributed by atoms with Crippen LogP contribution in [0, 0.1) is 6.92 Å². The molecule has 2 aromatic carbocycles. The molecule has 0 fully saturated rings. The summed E-state index contributed by atoms with van der Waals surface area (Å²) in [5, 5.41) is 4.51. The summed E-state index contributed by atoms with van der Waals surface area (Å²) in [4.78, 5) is 0. The average molecular weight is 364 g/mol. The van der Waals surface area contributed by atoms with E-state index in [4.69, 9.17) is 21.9 Å². The molecule has 0 radical (unpaired) electrons. The van der Waals surface area contributed by atoms with Crippen molar-refractivity contribution >= 4 is 33.3 Å². The van der Waals surface area contributed by atoms with Gasteiger partial charge in [0, 0.05) is 20.6 Å². The van der Waals surface area contributed by atoms with Crippen molar-refractivity contribution in [2.24, 2.45) is 0 Å². The Morgan fingerprint density at radius 3 is 2.57 bits per heavy atom. The third-order valence-corrected chi connectivity index (χ3v) is 4.68. The molecule has 0 aliphatic carbocycles. The Morgan fingerprint density at radius 2 is 1.81 bits per heavy atom. The van der Waals surface area contributed by atoms with Crippen molar-refractivity contribution < 1.29 is 4.52 Å². The maximum atomic E-state index is 6.28. The van der Waals surface area contributed by atoms with Crippen LogP contribution in [-0.2, 0) is 0 Å². The van der Waals surface area contributed by atoms with Gasteiger partial charge in [0.2, 0.25) is 0 Å². The number of aromatic nitrogens is 1. The van der Waals surface area contributed by atoms with Gasteiger partial charge in [0.25, 0.3) is 0 Å². The minimum Gasteiger partial charge on any atom is -0.380 e. The second-order valence-corrected chi connectivity index (χ2v) is 5.89. The number of nitrogen functional groups attached to an aromatic ring is 1. The van der Waals surface area contributed by atoms with E-state index in [0.29, 0.717) is 22.2 Å². The fourth-order valence-corrected chi connectivity index (χ4v) is 2.91. The van der Waals surface area contributed by atoms with E-state index in [1.54, 1.807) is 0 Å². The van der Waals surface area contributed by atoms with Crippen molar-refractivity contribution in [2.75, 3.05) is 5.73 Å². The number of rotatable bonds is 2. The first-order valence-electron chi connectivity index (χ1n) is 6.35. The number of anilines is 1. The Morgan fingerprint density at radius 1 is 1.10 bits per heavy atom. The van der Waals surface area contributed by atoms with Gasteiger partial charge in [-0.1, -0.05) is 47.1 Å². The first kappa shape index (κ1) is 14.2. The molecular formula is C16H12BrClN2O. The van der Waals surface area contributed by atoms with E-state index in [-0.39, 0.29) is 0 Å². The van der Waals surface area contributed by atoms with E-state index >= 15 is 0 Å². The summed E-state index contributed by atoms with van der Waals surface area (Å²) < 4.78 is 6.42. The van der Waals surface area contributed by atoms with Crippen LogP contribution in [0.15, 0.2) is 51.5 Å². The monoisotopic (exact) mass is 362 g/mol. The standard InChI is InChI=1S/C16H12BrClN2O/c1-9-5-4-7-11(14(9)17)15-13(16(19)20-21-15)10-6-2-3-8-12(10)18/h2-8H,1H3,(H2,19,20). The Balaban J connectivity index is 2.28. The van der Waals surface area contributed by atoms with Gasteiger partial charge >= 0.3 is 0 Å². The van der Waals surface area contributed by atoms with E-state index in [1.165, 1.54) is 0 Å². The van der Waals surface area contributed by atoms with Crippen molar-refractivity contribution in [3.05, 3.63) is 57.5 Å². The lowest BCUT2D eigenvalue weighted by Gasteiger charge is -2.08. The minimum absolute atomic E-state index is 0.325. The van der Waals surface area contributed by atoms with Crippen LogP contribution in [0.4, 0.5) is 5.82 Å². The Kier molecular flexibility index (Phi) is 3.74. The van der Waals surface area contributed by atoms with Crippen molar-refractivity contribution in [2.45, 2.75) is 6.92 Å². The summed E-state index contributed by atoms with van der Waals surface area (Å²) in [5.41, 5.74) is 9.51. The van der Waals surface area contributed by atoms with Crippen LogP contribution >= 0.6 is 27.5 Å². The molecule has 0 bridgehead atoms. The third-order valence-electron chi connectivity index (χ3n) is 3.30. The van der Waals surface area contributed by atoms with E-state index in [9.17, 15) is 0 Å². The highest BCUT2D eigenvalue weighted by Gasteiger charge is 2.21. The van der Waals surface area contributed by atoms with E-state index in [2.05, 4.69) is 21.1 Å². The number of aryl methyl sites for hydroxylation is 1. The highest BCUT2D eigenvalue weighted by atomic mass is 79.9. The highest BCUT2D eigenvalue weighted by molar-refractivity contribution is 9.10. The van der Waals surface area contributed by atoms with Gasteiger partial charge in [0.1, 0.15) is 0 Å². The van der Waals surface area contributed by atoms with Crippen molar-refractivity contribution in [1.29, 1.82) is 0 Å². The average Bonchev–Trinajstić information content (AvgIpc) is 2.84. The van der Waals surface area contributed by atoms with Crippen molar-refractivity contribution in [3.63, 3.8) is 0 Å². The first-order valence-corrected chi connectivity index (χ1v) is 7.52. The number of hydrogen-bond donors (Lipinski definition) is 1. The van der Waals surface area contributed by atoms with Crippen LogP contribution in [0.25, 0.3) is 22.5 Å².